The third-order valence-corrected chi connectivity index (χ3v) is 2.46. The molecule has 1 aliphatic carbocycles. The predicted molar refractivity (Wildman–Crippen MR) is 49.4 cm³/mol. The molecule has 1 aliphatic rings. The van der Waals surface area contributed by atoms with Crippen molar-refractivity contribution in [3.63, 3.8) is 0 Å². The molecule has 0 radical (unpaired) electrons. The lowest BCUT2D eigenvalue weighted by molar-refractivity contribution is 0.375. The fourth-order valence-electron chi connectivity index (χ4n) is 1.67. The van der Waals surface area contributed by atoms with Crippen LogP contribution in [0.25, 0.3) is 0 Å². The Morgan fingerprint density at radius 2 is 1.91 bits per heavy atom. The van der Waals surface area contributed by atoms with E-state index in [0.29, 0.717) is 6.04 Å². The van der Waals surface area contributed by atoms with E-state index in [1.165, 1.54) is 32.1 Å². The number of allylic oxidation sites excluding steroid dienone is 2. The third-order valence-electron chi connectivity index (χ3n) is 2.46. The standard InChI is InChI=1S/C10H19N/c1-2-3-4-9-5-7-10(11)8-6-9/h3-4,9-10H,2,5-8,11H2,1H3. The molecule has 0 atom stereocenters. The molecule has 0 unspecified atom stereocenters. The molecule has 1 fully saturated rings. The Morgan fingerprint density at radius 1 is 1.27 bits per heavy atom. The quantitative estimate of drug-likeness (QED) is 0.606. The summed E-state index contributed by atoms with van der Waals surface area (Å²) in [5, 5.41) is 0. The summed E-state index contributed by atoms with van der Waals surface area (Å²) in [5.41, 5.74) is 5.80. The molecule has 0 aromatic rings. The van der Waals surface area contributed by atoms with Gasteiger partial charge in [-0.15, -0.1) is 0 Å². The van der Waals surface area contributed by atoms with E-state index >= 15 is 0 Å². The first kappa shape index (κ1) is 8.79. The minimum absolute atomic E-state index is 0.487. The Labute approximate surface area is 69.7 Å². The first-order valence-corrected chi connectivity index (χ1v) is 4.75. The van der Waals surface area contributed by atoms with Crippen molar-refractivity contribution in [2.75, 3.05) is 0 Å². The summed E-state index contributed by atoms with van der Waals surface area (Å²) >= 11 is 0. The van der Waals surface area contributed by atoms with Gasteiger partial charge in [0.1, 0.15) is 0 Å². The summed E-state index contributed by atoms with van der Waals surface area (Å²) < 4.78 is 0. The molecule has 0 aromatic carbocycles. The molecule has 11 heavy (non-hydrogen) atoms. The van der Waals surface area contributed by atoms with Crippen molar-refractivity contribution in [2.24, 2.45) is 11.7 Å². The van der Waals surface area contributed by atoms with Crippen molar-refractivity contribution in [1.82, 2.24) is 0 Å². The largest absolute Gasteiger partial charge is 0.328 e. The Kier molecular flexibility index (Phi) is 3.64. The summed E-state index contributed by atoms with van der Waals surface area (Å²) in [4.78, 5) is 0. The molecule has 64 valence electrons. The Balaban J connectivity index is 2.22. The van der Waals surface area contributed by atoms with Gasteiger partial charge < -0.3 is 5.73 Å². The van der Waals surface area contributed by atoms with Crippen LogP contribution in [0.1, 0.15) is 39.0 Å². The van der Waals surface area contributed by atoms with Gasteiger partial charge in [0.15, 0.2) is 0 Å². The van der Waals surface area contributed by atoms with E-state index in [1.54, 1.807) is 0 Å². The van der Waals surface area contributed by atoms with Gasteiger partial charge in [-0.05, 0) is 38.0 Å². The van der Waals surface area contributed by atoms with Crippen molar-refractivity contribution in [3.05, 3.63) is 12.2 Å². The zero-order valence-corrected chi connectivity index (χ0v) is 7.42. The smallest absolute Gasteiger partial charge is 0.00392 e. The second kappa shape index (κ2) is 4.55. The first-order valence-electron chi connectivity index (χ1n) is 4.75. The van der Waals surface area contributed by atoms with Crippen LogP contribution in [0.2, 0.25) is 0 Å². The molecule has 1 rings (SSSR count). The van der Waals surface area contributed by atoms with Gasteiger partial charge in [-0.25, -0.2) is 0 Å². The molecule has 1 heteroatoms. The Bertz CT molecular complexity index is 121. The fraction of sp³-hybridized carbons (Fsp3) is 0.800. The molecule has 2 N–H and O–H groups in total. The monoisotopic (exact) mass is 153 g/mol. The lowest BCUT2D eigenvalue weighted by atomic mass is 9.86. The van der Waals surface area contributed by atoms with Gasteiger partial charge in [0, 0.05) is 6.04 Å². The van der Waals surface area contributed by atoms with Gasteiger partial charge in [-0.1, -0.05) is 19.1 Å². The van der Waals surface area contributed by atoms with E-state index in [4.69, 9.17) is 5.73 Å². The molecular formula is C10H19N. The van der Waals surface area contributed by atoms with Crippen LogP contribution in [0.3, 0.4) is 0 Å². The number of hydrogen-bond donors (Lipinski definition) is 1. The summed E-state index contributed by atoms with van der Waals surface area (Å²) in [6.07, 6.45) is 10.9. The van der Waals surface area contributed by atoms with E-state index in [0.717, 1.165) is 5.92 Å². The predicted octanol–water partition coefficient (Wildman–Crippen LogP) is 2.47. The van der Waals surface area contributed by atoms with Crippen molar-refractivity contribution < 1.29 is 0 Å². The topological polar surface area (TPSA) is 26.0 Å². The highest BCUT2D eigenvalue weighted by Gasteiger charge is 2.15. The van der Waals surface area contributed by atoms with Gasteiger partial charge in [0.05, 0.1) is 0 Å². The molecule has 0 spiro atoms. The van der Waals surface area contributed by atoms with Crippen LogP contribution in [-0.4, -0.2) is 6.04 Å². The molecule has 0 amide bonds. The first-order chi connectivity index (χ1) is 5.33. The maximum absolute atomic E-state index is 5.80. The van der Waals surface area contributed by atoms with Crippen molar-refractivity contribution in [3.8, 4) is 0 Å². The second-order valence-corrected chi connectivity index (χ2v) is 3.51. The van der Waals surface area contributed by atoms with Crippen LogP contribution >= 0.6 is 0 Å². The zero-order chi connectivity index (χ0) is 8.10. The number of hydrogen-bond acceptors (Lipinski definition) is 1. The SMILES string of the molecule is CCC=CC1CCC(N)CC1. The van der Waals surface area contributed by atoms with Crippen molar-refractivity contribution >= 4 is 0 Å². The average molecular weight is 153 g/mol. The summed E-state index contributed by atoms with van der Waals surface area (Å²) in [6.45, 7) is 2.19. The zero-order valence-electron chi connectivity index (χ0n) is 7.42. The average Bonchev–Trinajstić information content (AvgIpc) is 2.04. The molecule has 0 bridgehead atoms. The molecular weight excluding hydrogens is 134 g/mol. The normalized spacial score (nSPS) is 32.9. The van der Waals surface area contributed by atoms with Crippen LogP contribution in [0.15, 0.2) is 12.2 Å². The van der Waals surface area contributed by atoms with Crippen LogP contribution in [0, 0.1) is 5.92 Å². The highest BCUT2D eigenvalue weighted by atomic mass is 14.6. The summed E-state index contributed by atoms with van der Waals surface area (Å²) in [5.74, 6) is 0.828. The van der Waals surface area contributed by atoms with Crippen LogP contribution in [-0.2, 0) is 0 Å². The van der Waals surface area contributed by atoms with E-state index in [2.05, 4.69) is 19.1 Å². The number of rotatable bonds is 2. The van der Waals surface area contributed by atoms with Crippen molar-refractivity contribution in [1.29, 1.82) is 0 Å². The lowest BCUT2D eigenvalue weighted by Crippen LogP contribution is -2.25. The van der Waals surface area contributed by atoms with Gasteiger partial charge in [-0.3, -0.25) is 0 Å². The highest BCUT2D eigenvalue weighted by Crippen LogP contribution is 2.23. The Hall–Kier alpha value is -0.300. The molecule has 1 nitrogen and oxygen atoms in total. The molecule has 0 aromatic heterocycles. The van der Waals surface area contributed by atoms with Crippen molar-refractivity contribution in [2.45, 2.75) is 45.1 Å². The van der Waals surface area contributed by atoms with Gasteiger partial charge in [0.25, 0.3) is 0 Å². The van der Waals surface area contributed by atoms with Crippen LogP contribution in [0.5, 0.6) is 0 Å². The fourth-order valence-corrected chi connectivity index (χ4v) is 1.67. The lowest BCUT2D eigenvalue weighted by Gasteiger charge is -2.23. The molecule has 0 heterocycles. The highest BCUT2D eigenvalue weighted by molar-refractivity contribution is 4.90. The van der Waals surface area contributed by atoms with Crippen LogP contribution in [0.4, 0.5) is 0 Å². The van der Waals surface area contributed by atoms with E-state index < -0.39 is 0 Å². The molecule has 1 saturated carbocycles. The number of nitrogens with two attached hydrogens (primary N) is 1. The summed E-state index contributed by atoms with van der Waals surface area (Å²) in [6, 6.07) is 0.487. The van der Waals surface area contributed by atoms with Gasteiger partial charge in [0.2, 0.25) is 0 Å². The van der Waals surface area contributed by atoms with Gasteiger partial charge >= 0.3 is 0 Å². The van der Waals surface area contributed by atoms with E-state index in [9.17, 15) is 0 Å². The minimum atomic E-state index is 0.487. The van der Waals surface area contributed by atoms with E-state index in [-0.39, 0.29) is 0 Å². The van der Waals surface area contributed by atoms with E-state index in [1.807, 2.05) is 0 Å². The maximum Gasteiger partial charge on any atom is 0.00392 e. The summed E-state index contributed by atoms with van der Waals surface area (Å²) in [7, 11) is 0. The molecule has 0 saturated heterocycles. The minimum Gasteiger partial charge on any atom is -0.328 e. The third kappa shape index (κ3) is 3.06. The van der Waals surface area contributed by atoms with Crippen LogP contribution < -0.4 is 5.73 Å². The molecule has 0 aliphatic heterocycles. The Morgan fingerprint density at radius 3 is 2.45 bits per heavy atom. The second-order valence-electron chi connectivity index (χ2n) is 3.51. The van der Waals surface area contributed by atoms with Gasteiger partial charge in [-0.2, -0.15) is 0 Å². The maximum atomic E-state index is 5.80.